The van der Waals surface area contributed by atoms with Gasteiger partial charge in [-0.2, -0.15) is 0 Å². The predicted molar refractivity (Wildman–Crippen MR) is 61.2 cm³/mol. The van der Waals surface area contributed by atoms with Gasteiger partial charge in [0.1, 0.15) is 6.34 Å². The van der Waals surface area contributed by atoms with Crippen LogP contribution in [0.25, 0.3) is 0 Å². The van der Waals surface area contributed by atoms with Crippen molar-refractivity contribution in [3.63, 3.8) is 0 Å². The molecule has 0 aliphatic carbocycles. The van der Waals surface area contributed by atoms with Gasteiger partial charge >= 0.3 is 0 Å². The van der Waals surface area contributed by atoms with Crippen LogP contribution in [0.2, 0.25) is 0 Å². The molecule has 1 aliphatic heterocycles. The standard InChI is InChI=1S/C10H20N4/c1-3-10(2)13-8-12-9-14-6-4-11-5-7-14/h8,11H,3-7,9H2,1-2H3. The van der Waals surface area contributed by atoms with E-state index in [1.165, 1.54) is 0 Å². The molecule has 0 aromatic heterocycles. The predicted octanol–water partition coefficient (Wildman–Crippen LogP) is 0.748. The topological polar surface area (TPSA) is 40.0 Å². The Balaban J connectivity index is 2.18. The van der Waals surface area contributed by atoms with Gasteiger partial charge in [-0.15, -0.1) is 0 Å². The summed E-state index contributed by atoms with van der Waals surface area (Å²) in [5.41, 5.74) is 1.13. The van der Waals surface area contributed by atoms with E-state index in [0.29, 0.717) is 0 Å². The Bertz CT molecular complexity index is 204. The van der Waals surface area contributed by atoms with Crippen LogP contribution in [0.4, 0.5) is 0 Å². The molecule has 0 unspecified atom stereocenters. The molecule has 0 spiro atoms. The largest absolute Gasteiger partial charge is 0.314 e. The van der Waals surface area contributed by atoms with Crippen LogP contribution in [0.1, 0.15) is 20.3 Å². The molecule has 4 heteroatoms. The Morgan fingerprint density at radius 1 is 1.43 bits per heavy atom. The fourth-order valence-corrected chi connectivity index (χ4v) is 1.24. The third kappa shape index (κ3) is 4.48. The first kappa shape index (κ1) is 11.3. The lowest BCUT2D eigenvalue weighted by Gasteiger charge is -2.24. The second-order valence-electron chi connectivity index (χ2n) is 3.53. The van der Waals surface area contributed by atoms with Gasteiger partial charge in [-0.25, -0.2) is 4.99 Å². The van der Waals surface area contributed by atoms with Gasteiger partial charge in [-0.05, 0) is 13.3 Å². The van der Waals surface area contributed by atoms with Crippen LogP contribution in [0.3, 0.4) is 0 Å². The van der Waals surface area contributed by atoms with E-state index in [1.807, 2.05) is 6.92 Å². The highest BCUT2D eigenvalue weighted by molar-refractivity contribution is 5.88. The van der Waals surface area contributed by atoms with Crippen molar-refractivity contribution in [2.45, 2.75) is 20.3 Å². The molecular formula is C10H20N4. The van der Waals surface area contributed by atoms with Crippen LogP contribution < -0.4 is 5.32 Å². The summed E-state index contributed by atoms with van der Waals surface area (Å²) < 4.78 is 0. The van der Waals surface area contributed by atoms with Gasteiger partial charge in [0.05, 0.1) is 6.67 Å². The minimum Gasteiger partial charge on any atom is -0.314 e. The highest BCUT2D eigenvalue weighted by Crippen LogP contribution is 1.91. The molecule has 0 atom stereocenters. The smallest absolute Gasteiger partial charge is 0.111 e. The summed E-state index contributed by atoms with van der Waals surface area (Å²) >= 11 is 0. The number of hydrogen-bond acceptors (Lipinski definition) is 3. The Morgan fingerprint density at radius 3 is 2.79 bits per heavy atom. The Labute approximate surface area is 86.1 Å². The normalized spacial score (nSPS) is 20.6. The summed E-state index contributed by atoms with van der Waals surface area (Å²) in [6, 6.07) is 0. The second kappa shape index (κ2) is 6.68. The molecule has 0 saturated carbocycles. The zero-order valence-corrected chi connectivity index (χ0v) is 9.16. The minimum atomic E-state index is 0.780. The Hall–Kier alpha value is -0.740. The monoisotopic (exact) mass is 196 g/mol. The van der Waals surface area contributed by atoms with Crippen molar-refractivity contribution in [1.29, 1.82) is 0 Å². The number of rotatable bonds is 4. The van der Waals surface area contributed by atoms with Crippen LogP contribution >= 0.6 is 0 Å². The third-order valence-electron chi connectivity index (χ3n) is 2.36. The van der Waals surface area contributed by atoms with E-state index in [1.54, 1.807) is 6.34 Å². The minimum absolute atomic E-state index is 0.780. The molecule has 1 saturated heterocycles. The van der Waals surface area contributed by atoms with Gasteiger partial charge in [0.15, 0.2) is 0 Å². The van der Waals surface area contributed by atoms with E-state index in [4.69, 9.17) is 0 Å². The number of nitrogens with one attached hydrogen (secondary N) is 1. The Morgan fingerprint density at radius 2 is 2.14 bits per heavy atom. The molecular weight excluding hydrogens is 176 g/mol. The van der Waals surface area contributed by atoms with Crippen molar-refractivity contribution in [2.24, 2.45) is 9.98 Å². The summed E-state index contributed by atoms with van der Waals surface area (Å²) in [4.78, 5) is 10.8. The molecule has 0 aromatic carbocycles. The van der Waals surface area contributed by atoms with Gasteiger partial charge in [0.25, 0.3) is 0 Å². The molecule has 1 rings (SSSR count). The zero-order chi connectivity index (χ0) is 10.2. The molecule has 0 bridgehead atoms. The molecule has 1 fully saturated rings. The average molecular weight is 196 g/mol. The number of piperazine rings is 1. The van der Waals surface area contributed by atoms with E-state index in [2.05, 4.69) is 27.1 Å². The van der Waals surface area contributed by atoms with Crippen molar-refractivity contribution < 1.29 is 0 Å². The maximum absolute atomic E-state index is 4.27. The fraction of sp³-hybridized carbons (Fsp3) is 0.800. The van der Waals surface area contributed by atoms with Crippen LogP contribution in [0.5, 0.6) is 0 Å². The van der Waals surface area contributed by atoms with Gasteiger partial charge in [-0.3, -0.25) is 9.89 Å². The molecule has 0 amide bonds. The van der Waals surface area contributed by atoms with Gasteiger partial charge in [-0.1, -0.05) is 6.92 Å². The zero-order valence-electron chi connectivity index (χ0n) is 9.16. The molecule has 1 aliphatic rings. The van der Waals surface area contributed by atoms with Crippen LogP contribution in [-0.4, -0.2) is 49.8 Å². The third-order valence-corrected chi connectivity index (χ3v) is 2.36. The quantitative estimate of drug-likeness (QED) is 0.532. The summed E-state index contributed by atoms with van der Waals surface area (Å²) in [7, 11) is 0. The summed E-state index contributed by atoms with van der Waals surface area (Å²) in [6.07, 6.45) is 2.68. The lowest BCUT2D eigenvalue weighted by Crippen LogP contribution is -2.43. The van der Waals surface area contributed by atoms with E-state index in [-0.39, 0.29) is 0 Å². The van der Waals surface area contributed by atoms with Gasteiger partial charge in [0, 0.05) is 31.9 Å². The summed E-state index contributed by atoms with van der Waals surface area (Å²) in [6.45, 7) is 9.24. The lowest BCUT2D eigenvalue weighted by molar-refractivity contribution is 0.249. The molecule has 0 radical (unpaired) electrons. The Kier molecular flexibility index (Phi) is 5.40. The first-order valence-corrected chi connectivity index (χ1v) is 5.27. The number of nitrogens with zero attached hydrogens (tertiary/aromatic N) is 3. The van der Waals surface area contributed by atoms with Crippen LogP contribution in [0.15, 0.2) is 9.98 Å². The van der Waals surface area contributed by atoms with Crippen molar-refractivity contribution in [3.05, 3.63) is 0 Å². The van der Waals surface area contributed by atoms with E-state index >= 15 is 0 Å². The van der Waals surface area contributed by atoms with E-state index < -0.39 is 0 Å². The molecule has 1 heterocycles. The van der Waals surface area contributed by atoms with Crippen LogP contribution in [0, 0.1) is 0 Å². The maximum atomic E-state index is 4.27. The van der Waals surface area contributed by atoms with Crippen LogP contribution in [-0.2, 0) is 0 Å². The first-order chi connectivity index (χ1) is 6.83. The molecule has 0 aromatic rings. The average Bonchev–Trinajstić information content (AvgIpc) is 2.25. The van der Waals surface area contributed by atoms with Crippen molar-refractivity contribution >= 4 is 12.1 Å². The maximum Gasteiger partial charge on any atom is 0.111 e. The summed E-state index contributed by atoms with van der Waals surface area (Å²) in [5, 5.41) is 3.31. The lowest BCUT2D eigenvalue weighted by atomic mass is 10.3. The molecule has 1 N–H and O–H groups in total. The molecule has 14 heavy (non-hydrogen) atoms. The van der Waals surface area contributed by atoms with Crippen molar-refractivity contribution in [1.82, 2.24) is 10.2 Å². The van der Waals surface area contributed by atoms with Crippen molar-refractivity contribution in [3.8, 4) is 0 Å². The van der Waals surface area contributed by atoms with E-state index in [9.17, 15) is 0 Å². The van der Waals surface area contributed by atoms with Gasteiger partial charge in [0.2, 0.25) is 0 Å². The summed E-state index contributed by atoms with van der Waals surface area (Å²) in [5.74, 6) is 0. The second-order valence-corrected chi connectivity index (χ2v) is 3.53. The number of hydrogen-bond donors (Lipinski definition) is 1. The SMILES string of the molecule is CCC(C)=NC=NCN1CCNCC1. The fourth-order valence-electron chi connectivity index (χ4n) is 1.24. The van der Waals surface area contributed by atoms with Gasteiger partial charge < -0.3 is 5.32 Å². The molecule has 80 valence electrons. The highest BCUT2D eigenvalue weighted by atomic mass is 15.2. The number of aliphatic imine (C=N–C) groups is 2. The van der Waals surface area contributed by atoms with Crippen molar-refractivity contribution in [2.75, 3.05) is 32.8 Å². The first-order valence-electron chi connectivity index (χ1n) is 5.27. The molecule has 4 nitrogen and oxygen atoms in total. The van der Waals surface area contributed by atoms with E-state index in [0.717, 1.165) is 45.0 Å². The highest BCUT2D eigenvalue weighted by Gasteiger charge is 2.06.